The molecule has 2 amide bonds. The standard InChI is InChI=1S/C17H14Cl2N2O4/c1-25-17(24)10-2-5-12(6-3-10)20-15(22)9-16(23)21-14-8-11(18)4-7-13(14)19/h2-8H,9H2,1H3,(H,20,22)(H,21,23). The highest BCUT2D eigenvalue weighted by Gasteiger charge is 2.12. The second kappa shape index (κ2) is 8.50. The molecule has 0 radical (unpaired) electrons. The molecule has 0 aliphatic rings. The average Bonchev–Trinajstić information content (AvgIpc) is 2.58. The van der Waals surface area contributed by atoms with Gasteiger partial charge in [-0.15, -0.1) is 0 Å². The summed E-state index contributed by atoms with van der Waals surface area (Å²) in [5.41, 5.74) is 1.13. The van der Waals surface area contributed by atoms with E-state index in [1.165, 1.54) is 37.4 Å². The number of carbonyl (C=O) groups is 3. The van der Waals surface area contributed by atoms with Crippen molar-refractivity contribution >= 4 is 52.4 Å². The zero-order chi connectivity index (χ0) is 18.4. The number of benzene rings is 2. The lowest BCUT2D eigenvalue weighted by Crippen LogP contribution is -2.21. The number of rotatable bonds is 5. The third-order valence-electron chi connectivity index (χ3n) is 3.11. The maximum atomic E-state index is 11.9. The molecule has 0 spiro atoms. The van der Waals surface area contributed by atoms with Crippen molar-refractivity contribution in [2.24, 2.45) is 0 Å². The minimum absolute atomic E-state index is 0.316. The van der Waals surface area contributed by atoms with Gasteiger partial charge in [0.25, 0.3) is 0 Å². The number of hydrogen-bond donors (Lipinski definition) is 2. The maximum absolute atomic E-state index is 11.9. The molecule has 0 atom stereocenters. The summed E-state index contributed by atoms with van der Waals surface area (Å²) in [5.74, 6) is -1.52. The van der Waals surface area contributed by atoms with Gasteiger partial charge in [0.05, 0.1) is 23.4 Å². The number of nitrogens with one attached hydrogen (secondary N) is 2. The van der Waals surface area contributed by atoms with Crippen molar-refractivity contribution in [3.8, 4) is 0 Å². The lowest BCUT2D eigenvalue weighted by atomic mass is 10.2. The van der Waals surface area contributed by atoms with Gasteiger partial charge in [-0.1, -0.05) is 23.2 Å². The lowest BCUT2D eigenvalue weighted by molar-refractivity contribution is -0.123. The summed E-state index contributed by atoms with van der Waals surface area (Å²) in [6, 6.07) is 10.7. The zero-order valence-corrected chi connectivity index (χ0v) is 14.6. The van der Waals surface area contributed by atoms with E-state index < -0.39 is 24.2 Å². The van der Waals surface area contributed by atoms with Crippen LogP contribution in [0.25, 0.3) is 0 Å². The Balaban J connectivity index is 1.92. The number of hydrogen-bond acceptors (Lipinski definition) is 4. The fraction of sp³-hybridized carbons (Fsp3) is 0.118. The number of ether oxygens (including phenoxy) is 1. The molecule has 2 aromatic rings. The van der Waals surface area contributed by atoms with Gasteiger partial charge >= 0.3 is 5.97 Å². The number of carbonyl (C=O) groups excluding carboxylic acids is 3. The van der Waals surface area contributed by atoms with E-state index in [9.17, 15) is 14.4 Å². The van der Waals surface area contributed by atoms with E-state index >= 15 is 0 Å². The Morgan fingerprint density at radius 1 is 0.960 bits per heavy atom. The van der Waals surface area contributed by atoms with Crippen LogP contribution in [-0.4, -0.2) is 24.9 Å². The molecular formula is C17H14Cl2N2O4. The van der Waals surface area contributed by atoms with E-state index in [1.54, 1.807) is 12.1 Å². The highest BCUT2D eigenvalue weighted by Crippen LogP contribution is 2.25. The fourth-order valence-electron chi connectivity index (χ4n) is 1.95. The van der Waals surface area contributed by atoms with E-state index in [0.29, 0.717) is 27.0 Å². The Bertz CT molecular complexity index is 807. The quantitative estimate of drug-likeness (QED) is 0.610. The largest absolute Gasteiger partial charge is 0.465 e. The van der Waals surface area contributed by atoms with Crippen LogP contribution in [0.2, 0.25) is 10.0 Å². The van der Waals surface area contributed by atoms with Gasteiger partial charge in [0.1, 0.15) is 6.42 Å². The number of halogens is 2. The lowest BCUT2D eigenvalue weighted by Gasteiger charge is -2.08. The molecular weight excluding hydrogens is 367 g/mol. The molecule has 0 aromatic heterocycles. The summed E-state index contributed by atoms with van der Waals surface area (Å²) in [7, 11) is 1.28. The summed E-state index contributed by atoms with van der Waals surface area (Å²) < 4.78 is 4.59. The minimum atomic E-state index is -0.534. The molecule has 0 unspecified atom stereocenters. The van der Waals surface area contributed by atoms with Gasteiger partial charge in [-0.2, -0.15) is 0 Å². The van der Waals surface area contributed by atoms with Crippen LogP contribution in [0.1, 0.15) is 16.8 Å². The van der Waals surface area contributed by atoms with Gasteiger partial charge in [-0.25, -0.2) is 4.79 Å². The SMILES string of the molecule is COC(=O)c1ccc(NC(=O)CC(=O)Nc2cc(Cl)ccc2Cl)cc1. The summed E-state index contributed by atoms with van der Waals surface area (Å²) >= 11 is 11.8. The van der Waals surface area contributed by atoms with Crippen molar-refractivity contribution < 1.29 is 19.1 Å². The molecule has 25 heavy (non-hydrogen) atoms. The Kier molecular flexibility index (Phi) is 6.38. The van der Waals surface area contributed by atoms with E-state index in [2.05, 4.69) is 15.4 Å². The summed E-state index contributed by atoms with van der Waals surface area (Å²) in [5, 5.41) is 5.81. The first-order valence-electron chi connectivity index (χ1n) is 7.12. The van der Waals surface area contributed by atoms with E-state index in [1.807, 2.05) is 0 Å². The molecule has 130 valence electrons. The minimum Gasteiger partial charge on any atom is -0.465 e. The summed E-state index contributed by atoms with van der Waals surface area (Å²) in [6.45, 7) is 0. The van der Waals surface area contributed by atoms with Crippen LogP contribution in [0, 0.1) is 0 Å². The van der Waals surface area contributed by atoms with Crippen LogP contribution < -0.4 is 10.6 Å². The van der Waals surface area contributed by atoms with Crippen LogP contribution in [-0.2, 0) is 14.3 Å². The molecule has 0 fully saturated rings. The number of methoxy groups -OCH3 is 1. The second-order valence-electron chi connectivity index (χ2n) is 4.97. The highest BCUT2D eigenvalue weighted by molar-refractivity contribution is 6.35. The Labute approximate surface area is 154 Å². The first kappa shape index (κ1) is 18.8. The number of esters is 1. The molecule has 0 saturated heterocycles. The van der Waals surface area contributed by atoms with Gasteiger partial charge in [0, 0.05) is 10.7 Å². The molecule has 0 heterocycles. The van der Waals surface area contributed by atoms with Gasteiger partial charge in [0.15, 0.2) is 0 Å². The van der Waals surface area contributed by atoms with Crippen molar-refractivity contribution in [2.75, 3.05) is 17.7 Å². The first-order valence-corrected chi connectivity index (χ1v) is 7.88. The monoisotopic (exact) mass is 380 g/mol. The van der Waals surface area contributed by atoms with Crippen LogP contribution in [0.15, 0.2) is 42.5 Å². The van der Waals surface area contributed by atoms with Gasteiger partial charge in [-0.3, -0.25) is 9.59 Å². The molecule has 0 bridgehead atoms. The fourth-order valence-corrected chi connectivity index (χ4v) is 2.28. The van der Waals surface area contributed by atoms with Crippen molar-refractivity contribution in [1.29, 1.82) is 0 Å². The van der Waals surface area contributed by atoms with E-state index in [-0.39, 0.29) is 0 Å². The third-order valence-corrected chi connectivity index (χ3v) is 3.68. The normalized spacial score (nSPS) is 10.0. The molecule has 2 N–H and O–H groups in total. The van der Waals surface area contributed by atoms with Gasteiger partial charge < -0.3 is 15.4 Å². The number of anilines is 2. The van der Waals surface area contributed by atoms with Crippen LogP contribution in [0.4, 0.5) is 11.4 Å². The number of amides is 2. The predicted octanol–water partition coefficient (Wildman–Crippen LogP) is 3.75. The van der Waals surface area contributed by atoms with Crippen LogP contribution in [0.5, 0.6) is 0 Å². The first-order chi connectivity index (χ1) is 11.9. The third kappa shape index (κ3) is 5.48. The maximum Gasteiger partial charge on any atom is 0.337 e. The van der Waals surface area contributed by atoms with Crippen LogP contribution >= 0.6 is 23.2 Å². The van der Waals surface area contributed by atoms with Gasteiger partial charge in [0.2, 0.25) is 11.8 Å². The second-order valence-corrected chi connectivity index (χ2v) is 5.81. The zero-order valence-electron chi connectivity index (χ0n) is 13.1. The molecule has 6 nitrogen and oxygen atoms in total. The Morgan fingerprint density at radius 2 is 1.60 bits per heavy atom. The average molecular weight is 381 g/mol. The van der Waals surface area contributed by atoms with Crippen molar-refractivity contribution in [3.63, 3.8) is 0 Å². The Hall–Kier alpha value is -2.57. The molecule has 2 aromatic carbocycles. The Morgan fingerprint density at radius 3 is 2.24 bits per heavy atom. The molecule has 0 aliphatic heterocycles. The summed E-state index contributed by atoms with van der Waals surface area (Å²) in [4.78, 5) is 35.2. The predicted molar refractivity (Wildman–Crippen MR) is 96.1 cm³/mol. The van der Waals surface area contributed by atoms with Crippen molar-refractivity contribution in [2.45, 2.75) is 6.42 Å². The molecule has 0 aliphatic carbocycles. The molecule has 0 saturated carbocycles. The highest BCUT2D eigenvalue weighted by atomic mass is 35.5. The summed E-state index contributed by atoms with van der Waals surface area (Å²) in [6.07, 6.45) is -0.401. The van der Waals surface area contributed by atoms with Gasteiger partial charge in [-0.05, 0) is 42.5 Å². The molecule has 8 heteroatoms. The van der Waals surface area contributed by atoms with E-state index in [4.69, 9.17) is 23.2 Å². The smallest absolute Gasteiger partial charge is 0.337 e. The van der Waals surface area contributed by atoms with Crippen molar-refractivity contribution in [3.05, 3.63) is 58.1 Å². The molecule has 2 rings (SSSR count). The van der Waals surface area contributed by atoms with Crippen LogP contribution in [0.3, 0.4) is 0 Å². The van der Waals surface area contributed by atoms with Crippen molar-refractivity contribution in [1.82, 2.24) is 0 Å². The topological polar surface area (TPSA) is 84.5 Å². The van der Waals surface area contributed by atoms with E-state index in [0.717, 1.165) is 0 Å².